The minimum Gasteiger partial charge on any atom is -0.352 e. The smallest absolute Gasteiger partial charge is 0.312 e. The second-order valence-electron chi connectivity index (χ2n) is 5.30. The molecule has 0 fully saturated rings. The van der Waals surface area contributed by atoms with Crippen LogP contribution < -0.4 is 16.4 Å². The van der Waals surface area contributed by atoms with E-state index in [2.05, 4.69) is 10.6 Å². The SMILES string of the molecule is Cc1ccccc1C(CC(=O)Nc1ccc(Cl)c(F)c1)NC(N)=O. The van der Waals surface area contributed by atoms with Gasteiger partial charge in [0.15, 0.2) is 0 Å². The summed E-state index contributed by atoms with van der Waals surface area (Å²) in [5, 5.41) is 5.10. The molecule has 0 heterocycles. The Bertz CT molecular complexity index is 767. The van der Waals surface area contributed by atoms with Crippen molar-refractivity contribution in [2.45, 2.75) is 19.4 Å². The first kappa shape index (κ1) is 17.7. The van der Waals surface area contributed by atoms with Gasteiger partial charge in [0.2, 0.25) is 5.91 Å². The Hall–Kier alpha value is -2.60. The van der Waals surface area contributed by atoms with Gasteiger partial charge in [0.1, 0.15) is 5.82 Å². The molecule has 2 aromatic rings. The summed E-state index contributed by atoms with van der Waals surface area (Å²) in [5.41, 5.74) is 7.19. The number of anilines is 1. The second kappa shape index (κ2) is 7.79. The predicted molar refractivity (Wildman–Crippen MR) is 91.3 cm³/mol. The molecule has 0 spiro atoms. The maximum Gasteiger partial charge on any atom is 0.312 e. The van der Waals surface area contributed by atoms with Crippen LogP contribution in [0.4, 0.5) is 14.9 Å². The third-order valence-electron chi connectivity index (χ3n) is 3.47. The Kier molecular flexibility index (Phi) is 5.76. The predicted octanol–water partition coefficient (Wildman–Crippen LogP) is 3.53. The molecule has 7 heteroatoms. The van der Waals surface area contributed by atoms with Gasteiger partial charge >= 0.3 is 6.03 Å². The monoisotopic (exact) mass is 349 g/mol. The van der Waals surface area contributed by atoms with Gasteiger partial charge in [-0.05, 0) is 36.2 Å². The molecule has 5 nitrogen and oxygen atoms in total. The van der Waals surface area contributed by atoms with Crippen molar-refractivity contribution in [2.24, 2.45) is 5.73 Å². The quantitative estimate of drug-likeness (QED) is 0.771. The van der Waals surface area contributed by atoms with E-state index in [1.165, 1.54) is 12.1 Å². The number of rotatable bonds is 5. The highest BCUT2D eigenvalue weighted by Gasteiger charge is 2.19. The summed E-state index contributed by atoms with van der Waals surface area (Å²) in [5.74, 6) is -1.01. The highest BCUT2D eigenvalue weighted by Crippen LogP contribution is 2.22. The molecular weight excluding hydrogens is 333 g/mol. The highest BCUT2D eigenvalue weighted by molar-refractivity contribution is 6.30. The van der Waals surface area contributed by atoms with Crippen LogP contribution in [0.5, 0.6) is 0 Å². The largest absolute Gasteiger partial charge is 0.352 e. The topological polar surface area (TPSA) is 84.2 Å². The van der Waals surface area contributed by atoms with E-state index in [0.717, 1.165) is 17.2 Å². The molecule has 0 aromatic heterocycles. The lowest BCUT2D eigenvalue weighted by molar-refractivity contribution is -0.116. The van der Waals surface area contributed by atoms with Crippen LogP contribution in [0.25, 0.3) is 0 Å². The fraction of sp³-hybridized carbons (Fsp3) is 0.176. The number of carbonyl (C=O) groups is 2. The van der Waals surface area contributed by atoms with Gasteiger partial charge in [0.05, 0.1) is 17.5 Å². The molecule has 126 valence electrons. The number of urea groups is 1. The number of aryl methyl sites for hydroxylation is 1. The number of nitrogens with one attached hydrogen (secondary N) is 2. The zero-order valence-electron chi connectivity index (χ0n) is 13.0. The van der Waals surface area contributed by atoms with Crippen molar-refractivity contribution in [2.75, 3.05) is 5.32 Å². The normalized spacial score (nSPS) is 11.6. The summed E-state index contributed by atoms with van der Waals surface area (Å²) < 4.78 is 13.4. The van der Waals surface area contributed by atoms with Crippen molar-refractivity contribution in [3.63, 3.8) is 0 Å². The molecule has 4 N–H and O–H groups in total. The van der Waals surface area contributed by atoms with Crippen molar-refractivity contribution in [1.29, 1.82) is 0 Å². The van der Waals surface area contributed by atoms with Crippen LogP contribution in [-0.2, 0) is 4.79 Å². The van der Waals surface area contributed by atoms with Crippen molar-refractivity contribution < 1.29 is 14.0 Å². The van der Waals surface area contributed by atoms with Crippen molar-refractivity contribution in [3.8, 4) is 0 Å². The standard InChI is InChI=1S/C17H17ClFN3O2/c1-10-4-2-3-5-12(10)15(22-17(20)24)9-16(23)21-11-6-7-13(18)14(19)8-11/h2-8,15H,9H2,1H3,(H,21,23)(H3,20,22,24). The van der Waals surface area contributed by atoms with Gasteiger partial charge in [-0.25, -0.2) is 9.18 Å². The molecule has 1 unspecified atom stereocenters. The summed E-state index contributed by atoms with van der Waals surface area (Å²) in [6, 6.07) is 10.0. The van der Waals surface area contributed by atoms with Crippen molar-refractivity contribution in [1.82, 2.24) is 5.32 Å². The van der Waals surface area contributed by atoms with Crippen molar-refractivity contribution in [3.05, 3.63) is 64.4 Å². The van der Waals surface area contributed by atoms with E-state index >= 15 is 0 Å². The van der Waals surface area contributed by atoms with E-state index in [-0.39, 0.29) is 17.1 Å². The molecule has 0 aliphatic heterocycles. The molecule has 0 saturated carbocycles. The van der Waals surface area contributed by atoms with E-state index in [0.29, 0.717) is 0 Å². The average molecular weight is 350 g/mol. The second-order valence-corrected chi connectivity index (χ2v) is 5.71. The van der Waals surface area contributed by atoms with E-state index < -0.39 is 23.8 Å². The summed E-state index contributed by atoms with van der Waals surface area (Å²) in [6.07, 6.45) is -0.0436. The first-order valence-corrected chi connectivity index (χ1v) is 7.61. The molecule has 0 bridgehead atoms. The maximum absolute atomic E-state index is 13.4. The lowest BCUT2D eigenvalue weighted by Crippen LogP contribution is -2.35. The van der Waals surface area contributed by atoms with E-state index in [4.69, 9.17) is 17.3 Å². The van der Waals surface area contributed by atoms with E-state index in [1.807, 2.05) is 31.2 Å². The number of hydrogen-bond acceptors (Lipinski definition) is 2. The molecule has 2 aromatic carbocycles. The van der Waals surface area contributed by atoms with Gasteiger partial charge in [0, 0.05) is 5.69 Å². The van der Waals surface area contributed by atoms with Gasteiger partial charge in [-0.1, -0.05) is 35.9 Å². The minimum absolute atomic E-state index is 0.0267. The van der Waals surface area contributed by atoms with Crippen LogP contribution in [0, 0.1) is 12.7 Å². The van der Waals surface area contributed by atoms with E-state index in [1.54, 1.807) is 0 Å². The Morgan fingerprint density at radius 3 is 2.58 bits per heavy atom. The highest BCUT2D eigenvalue weighted by atomic mass is 35.5. The Morgan fingerprint density at radius 1 is 1.25 bits per heavy atom. The molecule has 0 aliphatic carbocycles. The third-order valence-corrected chi connectivity index (χ3v) is 3.78. The number of nitrogens with two attached hydrogens (primary N) is 1. The van der Waals surface area contributed by atoms with Crippen molar-refractivity contribution >= 4 is 29.2 Å². The molecule has 0 aliphatic rings. The number of benzene rings is 2. The number of hydrogen-bond donors (Lipinski definition) is 3. The van der Waals surface area contributed by atoms with E-state index in [9.17, 15) is 14.0 Å². The Balaban J connectivity index is 2.14. The first-order chi connectivity index (χ1) is 11.4. The van der Waals surface area contributed by atoms with Gasteiger partial charge in [0.25, 0.3) is 0 Å². The van der Waals surface area contributed by atoms with Gasteiger partial charge < -0.3 is 16.4 Å². The number of carbonyl (C=O) groups excluding carboxylic acids is 2. The Morgan fingerprint density at radius 2 is 1.96 bits per heavy atom. The summed E-state index contributed by atoms with van der Waals surface area (Å²) in [6.45, 7) is 1.87. The van der Waals surface area contributed by atoms with Gasteiger partial charge in [-0.2, -0.15) is 0 Å². The fourth-order valence-corrected chi connectivity index (χ4v) is 2.48. The molecular formula is C17H17ClFN3O2. The minimum atomic E-state index is -0.728. The fourth-order valence-electron chi connectivity index (χ4n) is 2.36. The first-order valence-electron chi connectivity index (χ1n) is 7.23. The zero-order chi connectivity index (χ0) is 17.7. The Labute approximate surface area is 144 Å². The lowest BCUT2D eigenvalue weighted by Gasteiger charge is -2.19. The van der Waals surface area contributed by atoms with Crippen LogP contribution >= 0.6 is 11.6 Å². The molecule has 24 heavy (non-hydrogen) atoms. The third kappa shape index (κ3) is 4.70. The molecule has 3 amide bonds. The molecule has 0 radical (unpaired) electrons. The van der Waals surface area contributed by atoms with Crippen LogP contribution in [0.2, 0.25) is 5.02 Å². The number of halogens is 2. The van der Waals surface area contributed by atoms with Crippen LogP contribution in [-0.4, -0.2) is 11.9 Å². The zero-order valence-corrected chi connectivity index (χ0v) is 13.7. The lowest BCUT2D eigenvalue weighted by atomic mass is 9.98. The van der Waals surface area contributed by atoms with Crippen LogP contribution in [0.3, 0.4) is 0 Å². The van der Waals surface area contributed by atoms with Crippen LogP contribution in [0.1, 0.15) is 23.6 Å². The summed E-state index contributed by atoms with van der Waals surface area (Å²) in [4.78, 5) is 23.5. The molecule has 1 atom stereocenters. The maximum atomic E-state index is 13.4. The van der Waals surface area contributed by atoms with Crippen LogP contribution in [0.15, 0.2) is 42.5 Å². The number of amides is 3. The van der Waals surface area contributed by atoms with Gasteiger partial charge in [-0.3, -0.25) is 4.79 Å². The summed E-state index contributed by atoms with van der Waals surface area (Å²) in [7, 11) is 0. The molecule has 2 rings (SSSR count). The average Bonchev–Trinajstić information content (AvgIpc) is 2.50. The summed E-state index contributed by atoms with van der Waals surface area (Å²) >= 11 is 5.61. The molecule has 0 saturated heterocycles. The number of primary amides is 1. The van der Waals surface area contributed by atoms with Gasteiger partial charge in [-0.15, -0.1) is 0 Å².